The molecule has 1 aliphatic heterocycles. The summed E-state index contributed by atoms with van der Waals surface area (Å²) in [6.07, 6.45) is -2.22. The molecule has 1 fully saturated rings. The van der Waals surface area contributed by atoms with Gasteiger partial charge in [0.15, 0.2) is 5.60 Å². The molecule has 0 aliphatic carbocycles. The summed E-state index contributed by atoms with van der Waals surface area (Å²) < 4.78 is 49.6. The van der Waals surface area contributed by atoms with Gasteiger partial charge in [-0.15, -0.1) is 0 Å². The van der Waals surface area contributed by atoms with E-state index in [9.17, 15) is 13.2 Å². The smallest absolute Gasteiger partial charge is 0.376 e. The second-order valence-electron chi connectivity index (χ2n) is 5.29. The first-order chi connectivity index (χ1) is 8.77. The SMILES string of the molecule is CC(C)C(C)(OCCOC1CCSCC1)C(F)(F)F. The van der Waals surface area contributed by atoms with Gasteiger partial charge in [-0.25, -0.2) is 0 Å². The van der Waals surface area contributed by atoms with E-state index in [4.69, 9.17) is 9.47 Å². The highest BCUT2D eigenvalue weighted by Gasteiger charge is 2.54. The fraction of sp³-hybridized carbons (Fsp3) is 1.00. The van der Waals surface area contributed by atoms with Crippen LogP contribution in [-0.2, 0) is 9.47 Å². The summed E-state index contributed by atoms with van der Waals surface area (Å²) in [6, 6.07) is 0. The Labute approximate surface area is 117 Å². The lowest BCUT2D eigenvalue weighted by atomic mass is 9.91. The highest BCUT2D eigenvalue weighted by atomic mass is 32.2. The van der Waals surface area contributed by atoms with E-state index in [1.54, 1.807) is 0 Å². The number of hydrogen-bond acceptors (Lipinski definition) is 3. The third-order valence-electron chi connectivity index (χ3n) is 3.67. The molecule has 1 rings (SSSR count). The molecule has 6 heteroatoms. The second-order valence-corrected chi connectivity index (χ2v) is 6.52. The van der Waals surface area contributed by atoms with Crippen molar-refractivity contribution in [3.8, 4) is 0 Å². The predicted molar refractivity (Wildman–Crippen MR) is 71.5 cm³/mol. The molecule has 2 nitrogen and oxygen atoms in total. The van der Waals surface area contributed by atoms with Crippen molar-refractivity contribution in [1.82, 2.24) is 0 Å². The molecule has 0 N–H and O–H groups in total. The normalized spacial score (nSPS) is 21.6. The first-order valence-electron chi connectivity index (χ1n) is 6.67. The van der Waals surface area contributed by atoms with E-state index in [1.807, 2.05) is 11.8 Å². The molecule has 0 saturated carbocycles. The molecule has 0 aromatic carbocycles. The zero-order valence-corrected chi connectivity index (χ0v) is 12.6. The summed E-state index contributed by atoms with van der Waals surface area (Å²) in [5.41, 5.74) is -2.10. The highest BCUT2D eigenvalue weighted by molar-refractivity contribution is 7.99. The van der Waals surface area contributed by atoms with Crippen molar-refractivity contribution >= 4 is 11.8 Å². The number of hydrogen-bond donors (Lipinski definition) is 0. The Morgan fingerprint density at radius 1 is 1.16 bits per heavy atom. The third-order valence-corrected chi connectivity index (χ3v) is 4.72. The van der Waals surface area contributed by atoms with Gasteiger partial charge in [0.05, 0.1) is 19.3 Å². The maximum atomic E-state index is 13.0. The molecule has 1 unspecified atom stereocenters. The molecule has 19 heavy (non-hydrogen) atoms. The molecule has 114 valence electrons. The average molecular weight is 300 g/mol. The monoisotopic (exact) mass is 300 g/mol. The van der Waals surface area contributed by atoms with Crippen LogP contribution in [0.25, 0.3) is 0 Å². The Balaban J connectivity index is 2.32. The van der Waals surface area contributed by atoms with E-state index >= 15 is 0 Å². The molecule has 1 saturated heterocycles. The summed E-state index contributed by atoms with van der Waals surface area (Å²) in [5.74, 6) is 1.51. The molecule has 0 aromatic rings. The van der Waals surface area contributed by atoms with Gasteiger partial charge in [-0.05, 0) is 37.2 Å². The number of ether oxygens (including phenoxy) is 2. The van der Waals surface area contributed by atoms with Crippen molar-refractivity contribution in [3.63, 3.8) is 0 Å². The summed E-state index contributed by atoms with van der Waals surface area (Å²) in [5, 5.41) is 0. The summed E-state index contributed by atoms with van der Waals surface area (Å²) in [4.78, 5) is 0. The Kier molecular flexibility index (Phi) is 6.47. The van der Waals surface area contributed by atoms with Crippen molar-refractivity contribution in [2.24, 2.45) is 5.92 Å². The molecule has 1 atom stereocenters. The molecule has 0 radical (unpaired) electrons. The van der Waals surface area contributed by atoms with Crippen LogP contribution in [0.4, 0.5) is 13.2 Å². The van der Waals surface area contributed by atoms with E-state index in [0.717, 1.165) is 31.3 Å². The molecule has 1 heterocycles. The molecule has 1 aliphatic rings. The quantitative estimate of drug-likeness (QED) is 0.693. The Bertz CT molecular complexity index is 265. The van der Waals surface area contributed by atoms with Crippen LogP contribution in [0.15, 0.2) is 0 Å². The minimum atomic E-state index is -4.36. The predicted octanol–water partition coefficient (Wildman–Crippen LogP) is 3.89. The largest absolute Gasteiger partial charge is 0.417 e. The van der Waals surface area contributed by atoms with E-state index in [2.05, 4.69) is 0 Å². The Morgan fingerprint density at radius 2 is 1.74 bits per heavy atom. The van der Waals surface area contributed by atoms with Gasteiger partial charge in [0.25, 0.3) is 0 Å². The first-order valence-corrected chi connectivity index (χ1v) is 7.83. The lowest BCUT2D eigenvalue weighted by Gasteiger charge is -2.35. The fourth-order valence-electron chi connectivity index (χ4n) is 1.89. The van der Waals surface area contributed by atoms with Crippen molar-refractivity contribution in [2.45, 2.75) is 51.5 Å². The average Bonchev–Trinajstić information content (AvgIpc) is 2.34. The van der Waals surface area contributed by atoms with E-state index in [1.165, 1.54) is 13.8 Å². The maximum absolute atomic E-state index is 13.0. The maximum Gasteiger partial charge on any atom is 0.417 e. The van der Waals surface area contributed by atoms with Crippen LogP contribution in [0.5, 0.6) is 0 Å². The molecule has 0 bridgehead atoms. The van der Waals surface area contributed by atoms with Gasteiger partial charge in [-0.2, -0.15) is 24.9 Å². The van der Waals surface area contributed by atoms with Crippen LogP contribution in [0.1, 0.15) is 33.6 Å². The summed E-state index contributed by atoms with van der Waals surface area (Å²) >= 11 is 1.89. The van der Waals surface area contributed by atoms with Crippen LogP contribution in [0.3, 0.4) is 0 Å². The van der Waals surface area contributed by atoms with Gasteiger partial charge in [0.1, 0.15) is 0 Å². The van der Waals surface area contributed by atoms with Gasteiger partial charge < -0.3 is 9.47 Å². The second kappa shape index (κ2) is 7.18. The van der Waals surface area contributed by atoms with Crippen LogP contribution < -0.4 is 0 Å². The van der Waals surface area contributed by atoms with Gasteiger partial charge in [0.2, 0.25) is 0 Å². The minimum Gasteiger partial charge on any atom is -0.376 e. The lowest BCUT2D eigenvalue weighted by Crippen LogP contribution is -2.49. The zero-order valence-electron chi connectivity index (χ0n) is 11.8. The van der Waals surface area contributed by atoms with Gasteiger partial charge in [-0.1, -0.05) is 13.8 Å². The standard InChI is InChI=1S/C13H23F3O2S/c1-10(2)12(3,13(14,15)16)18-7-6-17-11-4-8-19-9-5-11/h10-11H,4-9H2,1-3H3. The van der Waals surface area contributed by atoms with Crippen molar-refractivity contribution in [1.29, 1.82) is 0 Å². The third kappa shape index (κ3) is 4.83. The van der Waals surface area contributed by atoms with Gasteiger partial charge >= 0.3 is 6.18 Å². The van der Waals surface area contributed by atoms with Crippen LogP contribution in [-0.4, -0.2) is 42.6 Å². The van der Waals surface area contributed by atoms with Crippen LogP contribution in [0, 0.1) is 5.92 Å². The number of halogens is 3. The summed E-state index contributed by atoms with van der Waals surface area (Å²) in [7, 11) is 0. The zero-order chi connectivity index (χ0) is 14.5. The topological polar surface area (TPSA) is 18.5 Å². The molecule has 0 spiro atoms. The van der Waals surface area contributed by atoms with Gasteiger partial charge in [-0.3, -0.25) is 0 Å². The number of rotatable bonds is 6. The van der Waals surface area contributed by atoms with Crippen molar-refractivity contribution in [2.75, 3.05) is 24.7 Å². The van der Waals surface area contributed by atoms with E-state index < -0.39 is 17.7 Å². The highest BCUT2D eigenvalue weighted by Crippen LogP contribution is 2.39. The molecular weight excluding hydrogens is 277 g/mol. The van der Waals surface area contributed by atoms with Crippen molar-refractivity contribution < 1.29 is 22.6 Å². The van der Waals surface area contributed by atoms with Gasteiger partial charge in [0, 0.05) is 0 Å². The fourth-order valence-corrected chi connectivity index (χ4v) is 2.95. The van der Waals surface area contributed by atoms with Crippen LogP contribution in [0.2, 0.25) is 0 Å². The summed E-state index contributed by atoms with van der Waals surface area (Å²) in [6.45, 7) is 4.36. The lowest BCUT2D eigenvalue weighted by molar-refractivity contribution is -0.288. The van der Waals surface area contributed by atoms with E-state index in [0.29, 0.717) is 0 Å². The molecular formula is C13H23F3O2S. The number of alkyl halides is 3. The first kappa shape index (κ1) is 17.1. The minimum absolute atomic E-state index is 0.0160. The van der Waals surface area contributed by atoms with Crippen molar-refractivity contribution in [3.05, 3.63) is 0 Å². The molecule has 0 amide bonds. The van der Waals surface area contributed by atoms with Crippen LogP contribution >= 0.6 is 11.8 Å². The number of thioether (sulfide) groups is 1. The Hall–Kier alpha value is 0.0600. The Morgan fingerprint density at radius 3 is 2.21 bits per heavy atom. The molecule has 0 aromatic heterocycles. The van der Waals surface area contributed by atoms with E-state index in [-0.39, 0.29) is 19.3 Å².